The van der Waals surface area contributed by atoms with Crippen LogP contribution in [0.3, 0.4) is 0 Å². The molecule has 2 fully saturated rings. The Balaban J connectivity index is 1.65. The van der Waals surface area contributed by atoms with E-state index in [1.54, 1.807) is 0 Å². The molecule has 0 bridgehead atoms. The topological polar surface area (TPSA) is 165 Å². The number of fused-ring (bicyclic) bond motifs is 3. The summed E-state index contributed by atoms with van der Waals surface area (Å²) in [6.45, 7) is 3.14. The molecule has 1 saturated heterocycles. The zero-order valence-corrected chi connectivity index (χ0v) is 21.5. The number of amides is 1. The van der Waals surface area contributed by atoms with Gasteiger partial charge in [-0.1, -0.05) is 0 Å². The minimum atomic E-state index is -2.72. The van der Waals surface area contributed by atoms with E-state index in [9.17, 15) is 34.8 Å². The van der Waals surface area contributed by atoms with E-state index in [0.29, 0.717) is 0 Å². The number of phenols is 1. The maximum atomic E-state index is 15.9. The van der Waals surface area contributed by atoms with Crippen LogP contribution < -0.4 is 5.73 Å². The molecule has 1 aromatic carbocycles. The van der Waals surface area contributed by atoms with E-state index >= 15 is 4.39 Å². The van der Waals surface area contributed by atoms with E-state index in [-0.39, 0.29) is 47.7 Å². The Bertz CT molecular complexity index is 1340. The van der Waals surface area contributed by atoms with E-state index in [2.05, 4.69) is 11.8 Å². The fourth-order valence-corrected chi connectivity index (χ4v) is 6.91. The fraction of sp³-hybridized carbons (Fsp3) is 0.519. The van der Waals surface area contributed by atoms with Gasteiger partial charge < -0.3 is 26.2 Å². The number of likely N-dealkylation sites (tertiary alicyclic amines) is 1. The number of hydrogen-bond donors (Lipinski definition) is 5. The first kappa shape index (κ1) is 26.3. The van der Waals surface area contributed by atoms with Gasteiger partial charge in [0.15, 0.2) is 11.4 Å². The summed E-state index contributed by atoms with van der Waals surface area (Å²) in [5.74, 6) is -8.10. The van der Waals surface area contributed by atoms with Crippen molar-refractivity contribution in [2.24, 2.45) is 17.6 Å². The SMILES string of the molecule is C[C@@H]1CCCN1Cc1cc(O)c2c(c1F)C[C@H]1C[C@H]3[C@H](N(C)C)C(=O)C(C(N)=O)=C(O)[C@@]3(O)C(=O)C1=C2O. The lowest BCUT2D eigenvalue weighted by atomic mass is 9.57. The van der Waals surface area contributed by atoms with Crippen molar-refractivity contribution in [1.29, 1.82) is 0 Å². The van der Waals surface area contributed by atoms with Crippen LogP contribution in [0.15, 0.2) is 23.0 Å². The highest BCUT2D eigenvalue weighted by Gasteiger charge is 2.64. The van der Waals surface area contributed by atoms with Gasteiger partial charge in [0.25, 0.3) is 5.91 Å². The van der Waals surface area contributed by atoms with Crippen molar-refractivity contribution in [3.63, 3.8) is 0 Å². The van der Waals surface area contributed by atoms with E-state index in [1.807, 2.05) is 0 Å². The third kappa shape index (κ3) is 3.52. The molecular formula is C27H32FN3O7. The van der Waals surface area contributed by atoms with Gasteiger partial charge in [-0.15, -0.1) is 0 Å². The van der Waals surface area contributed by atoms with Gasteiger partial charge in [-0.05, 0) is 65.2 Å². The number of aliphatic hydroxyl groups excluding tert-OH is 2. The van der Waals surface area contributed by atoms with Crippen LogP contribution in [0.1, 0.15) is 42.9 Å². The number of ketones is 2. The van der Waals surface area contributed by atoms with Crippen LogP contribution in [0.5, 0.6) is 5.75 Å². The Hall–Kier alpha value is -3.28. The molecule has 10 nitrogen and oxygen atoms in total. The van der Waals surface area contributed by atoms with Crippen LogP contribution in [-0.2, 0) is 27.3 Å². The van der Waals surface area contributed by atoms with Crippen LogP contribution in [0, 0.1) is 17.7 Å². The van der Waals surface area contributed by atoms with E-state index in [1.165, 1.54) is 25.1 Å². The first-order valence-electron chi connectivity index (χ1n) is 12.7. The maximum Gasteiger partial charge on any atom is 0.255 e. The number of primary amides is 1. The standard InChI is InChI=1S/C27H32FN3O7/c1-11-5-4-6-31(11)10-13-9-16(32)18-14(20(13)28)7-12-8-15-21(30(2)3)23(34)19(26(29)37)25(36)27(15,38)24(35)17(12)22(18)33/h9,11-12,15,21,32-33,36,38H,4-8,10H2,1-3H3,(H2,29,37)/t11-,12+,15+,21+,27+/m1/s1. The normalized spacial score (nSPS) is 31.5. The third-order valence-electron chi connectivity index (χ3n) is 8.79. The van der Waals surface area contributed by atoms with Gasteiger partial charge in [0, 0.05) is 35.2 Å². The highest BCUT2D eigenvalue weighted by molar-refractivity contribution is 6.24. The average molecular weight is 530 g/mol. The molecule has 204 valence electrons. The number of carbonyl (C=O) groups excluding carboxylic acids is 3. The van der Waals surface area contributed by atoms with Crippen LogP contribution in [0.25, 0.3) is 5.76 Å². The van der Waals surface area contributed by atoms with Gasteiger partial charge in [0.05, 0.1) is 11.6 Å². The molecule has 1 aliphatic heterocycles. The highest BCUT2D eigenvalue weighted by atomic mass is 19.1. The molecule has 0 spiro atoms. The van der Waals surface area contributed by atoms with Crippen molar-refractivity contribution in [2.75, 3.05) is 20.6 Å². The average Bonchev–Trinajstić information content (AvgIpc) is 3.23. The molecule has 1 heterocycles. The molecule has 6 N–H and O–H groups in total. The minimum Gasteiger partial charge on any atom is -0.508 e. The molecule has 11 heteroatoms. The van der Waals surface area contributed by atoms with E-state index in [4.69, 9.17) is 5.73 Å². The number of nitrogens with zero attached hydrogens (tertiary/aromatic N) is 2. The second-order valence-corrected chi connectivity index (χ2v) is 11.1. The number of carbonyl (C=O) groups is 3. The van der Waals surface area contributed by atoms with Crippen molar-refractivity contribution in [2.45, 2.75) is 56.8 Å². The quantitative estimate of drug-likeness (QED) is 0.359. The number of rotatable bonds is 4. The number of phenolic OH excluding ortho intramolecular Hbond substituents is 1. The lowest BCUT2D eigenvalue weighted by Crippen LogP contribution is -2.65. The fourth-order valence-electron chi connectivity index (χ4n) is 6.91. The van der Waals surface area contributed by atoms with Gasteiger partial charge in [-0.3, -0.25) is 24.2 Å². The largest absolute Gasteiger partial charge is 0.508 e. The smallest absolute Gasteiger partial charge is 0.255 e. The summed E-state index contributed by atoms with van der Waals surface area (Å²) in [5.41, 5.74) is 1.52. The highest BCUT2D eigenvalue weighted by Crippen LogP contribution is 2.53. The van der Waals surface area contributed by atoms with E-state index in [0.717, 1.165) is 19.4 Å². The van der Waals surface area contributed by atoms with Crippen LogP contribution in [0.2, 0.25) is 0 Å². The molecule has 38 heavy (non-hydrogen) atoms. The predicted octanol–water partition coefficient (Wildman–Crippen LogP) is 1.09. The lowest BCUT2D eigenvalue weighted by molar-refractivity contribution is -0.153. The van der Waals surface area contributed by atoms with Gasteiger partial charge >= 0.3 is 0 Å². The van der Waals surface area contributed by atoms with Crippen LogP contribution in [0.4, 0.5) is 4.39 Å². The predicted molar refractivity (Wildman–Crippen MR) is 133 cm³/mol. The summed E-state index contributed by atoms with van der Waals surface area (Å²) in [6, 6.07) is 0.318. The number of aromatic hydroxyl groups is 1. The van der Waals surface area contributed by atoms with Gasteiger partial charge in [-0.25, -0.2) is 4.39 Å². The maximum absolute atomic E-state index is 15.9. The molecule has 1 aromatic rings. The summed E-state index contributed by atoms with van der Waals surface area (Å²) in [7, 11) is 3.05. The van der Waals surface area contributed by atoms with Crippen molar-refractivity contribution < 1.29 is 39.2 Å². The summed E-state index contributed by atoms with van der Waals surface area (Å²) in [6.07, 6.45) is 1.83. The molecule has 5 atom stereocenters. The molecule has 4 aliphatic rings. The zero-order chi connectivity index (χ0) is 27.8. The second-order valence-electron chi connectivity index (χ2n) is 11.1. The van der Waals surface area contributed by atoms with Crippen molar-refractivity contribution in [3.05, 3.63) is 45.5 Å². The molecule has 1 amide bonds. The summed E-state index contributed by atoms with van der Waals surface area (Å²) in [4.78, 5) is 42.5. The Morgan fingerprint density at radius 1 is 1.26 bits per heavy atom. The van der Waals surface area contributed by atoms with Crippen molar-refractivity contribution >= 4 is 23.2 Å². The van der Waals surface area contributed by atoms with Crippen LogP contribution >= 0.6 is 0 Å². The number of aliphatic hydroxyl groups is 3. The zero-order valence-electron chi connectivity index (χ0n) is 21.5. The number of likely N-dealkylation sites (N-methyl/N-ethyl adjacent to an activating group) is 1. The molecule has 0 radical (unpaired) electrons. The Morgan fingerprint density at radius 2 is 1.95 bits per heavy atom. The number of Topliss-reactive ketones (excluding diaryl/α,β-unsaturated/α-hetero) is 2. The Morgan fingerprint density at radius 3 is 2.53 bits per heavy atom. The molecular weight excluding hydrogens is 497 g/mol. The Kier molecular flexibility index (Phi) is 6.16. The van der Waals surface area contributed by atoms with Crippen molar-refractivity contribution in [3.8, 4) is 5.75 Å². The van der Waals surface area contributed by atoms with Gasteiger partial charge in [0.2, 0.25) is 5.78 Å². The molecule has 0 unspecified atom stereocenters. The summed E-state index contributed by atoms with van der Waals surface area (Å²) < 4.78 is 15.9. The monoisotopic (exact) mass is 529 g/mol. The van der Waals surface area contributed by atoms with Gasteiger partial charge in [0.1, 0.15) is 28.7 Å². The molecule has 3 aliphatic carbocycles. The number of benzene rings is 1. The first-order valence-corrected chi connectivity index (χ1v) is 12.7. The third-order valence-corrected chi connectivity index (χ3v) is 8.79. The van der Waals surface area contributed by atoms with Crippen molar-refractivity contribution in [1.82, 2.24) is 9.80 Å². The first-order chi connectivity index (χ1) is 17.8. The van der Waals surface area contributed by atoms with Gasteiger partial charge in [-0.2, -0.15) is 0 Å². The number of nitrogens with two attached hydrogens (primary N) is 1. The number of hydrogen-bond acceptors (Lipinski definition) is 9. The number of halogens is 1. The minimum absolute atomic E-state index is 0.0532. The molecule has 0 aromatic heterocycles. The Labute approximate surface area is 218 Å². The summed E-state index contributed by atoms with van der Waals surface area (Å²) in [5, 5.41) is 44.5. The lowest BCUT2D eigenvalue weighted by Gasteiger charge is -2.50. The second kappa shape index (κ2) is 8.89. The van der Waals surface area contributed by atoms with E-state index < -0.39 is 69.6 Å². The molecule has 1 saturated carbocycles. The molecule has 5 rings (SSSR count). The van der Waals surface area contributed by atoms with Crippen LogP contribution in [-0.4, -0.2) is 86.0 Å². The summed E-state index contributed by atoms with van der Waals surface area (Å²) >= 11 is 0.